The van der Waals surface area contributed by atoms with Gasteiger partial charge in [-0.05, 0) is 17.7 Å². The lowest BCUT2D eigenvalue weighted by Crippen LogP contribution is -2.31. The SMILES string of the molecule is O=C(NC(CO)c1ccccc1)c1cc(Cl)ccn1. The first-order valence-electron chi connectivity index (χ1n) is 5.79. The predicted molar refractivity (Wildman–Crippen MR) is 73.0 cm³/mol. The lowest BCUT2D eigenvalue weighted by atomic mass is 10.1. The van der Waals surface area contributed by atoms with Gasteiger partial charge >= 0.3 is 0 Å². The minimum absolute atomic E-state index is 0.184. The van der Waals surface area contributed by atoms with Gasteiger partial charge in [-0.15, -0.1) is 0 Å². The summed E-state index contributed by atoms with van der Waals surface area (Å²) >= 11 is 5.81. The molecule has 4 nitrogen and oxygen atoms in total. The van der Waals surface area contributed by atoms with Crippen molar-refractivity contribution in [3.63, 3.8) is 0 Å². The van der Waals surface area contributed by atoms with Crippen molar-refractivity contribution in [2.75, 3.05) is 6.61 Å². The van der Waals surface area contributed by atoms with Crippen LogP contribution in [-0.4, -0.2) is 22.6 Å². The number of rotatable bonds is 4. The summed E-state index contributed by atoms with van der Waals surface area (Å²) in [7, 11) is 0. The van der Waals surface area contributed by atoms with Gasteiger partial charge in [-0.2, -0.15) is 0 Å². The normalized spacial score (nSPS) is 11.9. The summed E-state index contributed by atoms with van der Waals surface area (Å²) in [6, 6.07) is 11.9. The van der Waals surface area contributed by atoms with Crippen molar-refractivity contribution >= 4 is 17.5 Å². The van der Waals surface area contributed by atoms with E-state index in [0.29, 0.717) is 5.02 Å². The number of benzene rings is 1. The first-order valence-corrected chi connectivity index (χ1v) is 6.16. The van der Waals surface area contributed by atoms with Crippen LogP contribution >= 0.6 is 11.6 Å². The van der Waals surface area contributed by atoms with Crippen LogP contribution in [0.15, 0.2) is 48.7 Å². The van der Waals surface area contributed by atoms with Crippen molar-refractivity contribution in [3.8, 4) is 0 Å². The Kier molecular flexibility index (Phi) is 4.49. The van der Waals surface area contributed by atoms with Crippen molar-refractivity contribution in [2.45, 2.75) is 6.04 Å². The van der Waals surface area contributed by atoms with Gasteiger partial charge in [-0.1, -0.05) is 41.9 Å². The fraction of sp³-hybridized carbons (Fsp3) is 0.143. The molecule has 0 aliphatic rings. The summed E-state index contributed by atoms with van der Waals surface area (Å²) < 4.78 is 0. The summed E-state index contributed by atoms with van der Waals surface area (Å²) in [5.41, 5.74) is 1.06. The fourth-order valence-electron chi connectivity index (χ4n) is 1.68. The van der Waals surface area contributed by atoms with E-state index in [1.54, 1.807) is 6.07 Å². The minimum atomic E-state index is -0.463. The molecule has 1 unspecified atom stereocenters. The van der Waals surface area contributed by atoms with E-state index >= 15 is 0 Å². The Hall–Kier alpha value is -1.91. The highest BCUT2D eigenvalue weighted by Crippen LogP contribution is 2.13. The predicted octanol–water partition coefficient (Wildman–Crippen LogP) is 2.20. The van der Waals surface area contributed by atoms with E-state index in [4.69, 9.17) is 11.6 Å². The van der Waals surface area contributed by atoms with Gasteiger partial charge < -0.3 is 10.4 Å². The molecule has 2 rings (SSSR count). The van der Waals surface area contributed by atoms with Gasteiger partial charge in [0.25, 0.3) is 5.91 Å². The number of hydrogen-bond donors (Lipinski definition) is 2. The van der Waals surface area contributed by atoms with Crippen LogP contribution in [0.2, 0.25) is 5.02 Å². The molecule has 2 aromatic rings. The smallest absolute Gasteiger partial charge is 0.270 e. The molecule has 2 N–H and O–H groups in total. The van der Waals surface area contributed by atoms with Crippen LogP contribution in [0.25, 0.3) is 0 Å². The zero-order valence-electron chi connectivity index (χ0n) is 10.1. The molecule has 0 spiro atoms. The van der Waals surface area contributed by atoms with Crippen molar-refractivity contribution < 1.29 is 9.90 Å². The summed E-state index contributed by atoms with van der Waals surface area (Å²) in [5.74, 6) is -0.370. The van der Waals surface area contributed by atoms with Gasteiger partial charge in [0, 0.05) is 11.2 Å². The second-order valence-electron chi connectivity index (χ2n) is 3.98. The van der Waals surface area contributed by atoms with Crippen LogP contribution in [0, 0.1) is 0 Å². The lowest BCUT2D eigenvalue weighted by Gasteiger charge is -2.16. The number of aliphatic hydroxyl groups excluding tert-OH is 1. The number of halogens is 1. The molecular formula is C14H13ClN2O2. The van der Waals surface area contributed by atoms with E-state index < -0.39 is 6.04 Å². The van der Waals surface area contributed by atoms with Crippen LogP contribution in [-0.2, 0) is 0 Å². The summed E-state index contributed by atoms with van der Waals surface area (Å²) in [5, 5.41) is 12.5. The number of hydrogen-bond acceptors (Lipinski definition) is 3. The van der Waals surface area contributed by atoms with Gasteiger partial charge in [0.15, 0.2) is 0 Å². The van der Waals surface area contributed by atoms with Gasteiger partial charge in [0.05, 0.1) is 12.6 Å². The molecule has 1 amide bonds. The standard InChI is InChI=1S/C14H13ClN2O2/c15-11-6-7-16-12(8-11)14(19)17-13(9-18)10-4-2-1-3-5-10/h1-8,13,18H,9H2,(H,17,19). The third kappa shape index (κ3) is 3.53. The molecule has 0 radical (unpaired) electrons. The van der Waals surface area contributed by atoms with Crippen molar-refractivity contribution in [3.05, 3.63) is 64.9 Å². The molecule has 19 heavy (non-hydrogen) atoms. The number of carbonyl (C=O) groups is 1. The van der Waals surface area contributed by atoms with E-state index in [-0.39, 0.29) is 18.2 Å². The molecule has 1 atom stereocenters. The third-order valence-electron chi connectivity index (χ3n) is 2.64. The Balaban J connectivity index is 2.13. The number of nitrogens with zero attached hydrogens (tertiary/aromatic N) is 1. The highest BCUT2D eigenvalue weighted by atomic mass is 35.5. The molecule has 1 aromatic heterocycles. The molecule has 0 saturated heterocycles. The Bertz CT molecular complexity index is 560. The molecule has 0 aliphatic carbocycles. The molecule has 1 heterocycles. The topological polar surface area (TPSA) is 62.2 Å². The van der Waals surface area contributed by atoms with Crippen LogP contribution in [0.5, 0.6) is 0 Å². The Labute approximate surface area is 116 Å². The lowest BCUT2D eigenvalue weighted by molar-refractivity contribution is 0.0911. The largest absolute Gasteiger partial charge is 0.394 e. The zero-order chi connectivity index (χ0) is 13.7. The first-order chi connectivity index (χ1) is 9.20. The molecule has 1 aromatic carbocycles. The number of aromatic nitrogens is 1. The van der Waals surface area contributed by atoms with Gasteiger partial charge in [0.2, 0.25) is 0 Å². The van der Waals surface area contributed by atoms with Crippen molar-refractivity contribution in [2.24, 2.45) is 0 Å². The molecular weight excluding hydrogens is 264 g/mol. The summed E-state index contributed by atoms with van der Waals surface area (Å²) in [6.45, 7) is -0.184. The van der Waals surface area contributed by atoms with Crippen LogP contribution < -0.4 is 5.32 Å². The summed E-state index contributed by atoms with van der Waals surface area (Å²) in [4.78, 5) is 15.9. The van der Waals surface area contributed by atoms with E-state index in [0.717, 1.165) is 5.56 Å². The Morgan fingerprint density at radius 2 is 2.05 bits per heavy atom. The molecule has 0 fully saturated rings. The Morgan fingerprint density at radius 3 is 2.68 bits per heavy atom. The number of amides is 1. The third-order valence-corrected chi connectivity index (χ3v) is 2.88. The second kappa shape index (κ2) is 6.31. The van der Waals surface area contributed by atoms with E-state index in [1.807, 2.05) is 30.3 Å². The fourth-order valence-corrected chi connectivity index (χ4v) is 1.84. The van der Waals surface area contributed by atoms with Crippen LogP contribution in [0.1, 0.15) is 22.1 Å². The highest BCUT2D eigenvalue weighted by molar-refractivity contribution is 6.30. The van der Waals surface area contributed by atoms with Gasteiger partial charge in [-0.25, -0.2) is 0 Å². The monoisotopic (exact) mass is 276 g/mol. The van der Waals surface area contributed by atoms with E-state index in [1.165, 1.54) is 12.3 Å². The minimum Gasteiger partial charge on any atom is -0.394 e. The van der Waals surface area contributed by atoms with E-state index in [2.05, 4.69) is 10.3 Å². The van der Waals surface area contributed by atoms with Crippen LogP contribution in [0.4, 0.5) is 0 Å². The quantitative estimate of drug-likeness (QED) is 0.900. The molecule has 0 bridgehead atoms. The Morgan fingerprint density at radius 1 is 1.32 bits per heavy atom. The van der Waals surface area contributed by atoms with E-state index in [9.17, 15) is 9.90 Å². The molecule has 5 heteroatoms. The molecule has 0 saturated carbocycles. The number of pyridine rings is 1. The maximum atomic E-state index is 12.0. The second-order valence-corrected chi connectivity index (χ2v) is 4.42. The van der Waals surface area contributed by atoms with Gasteiger partial charge in [0.1, 0.15) is 5.69 Å². The van der Waals surface area contributed by atoms with Crippen molar-refractivity contribution in [1.29, 1.82) is 0 Å². The maximum Gasteiger partial charge on any atom is 0.270 e. The van der Waals surface area contributed by atoms with Crippen LogP contribution in [0.3, 0.4) is 0 Å². The molecule has 0 aliphatic heterocycles. The number of carbonyl (C=O) groups excluding carboxylic acids is 1. The zero-order valence-corrected chi connectivity index (χ0v) is 10.8. The number of nitrogens with one attached hydrogen (secondary N) is 1. The number of aliphatic hydroxyl groups is 1. The maximum absolute atomic E-state index is 12.0. The summed E-state index contributed by atoms with van der Waals surface area (Å²) in [6.07, 6.45) is 1.47. The van der Waals surface area contributed by atoms with Gasteiger partial charge in [-0.3, -0.25) is 9.78 Å². The average Bonchev–Trinajstić information content (AvgIpc) is 2.45. The average molecular weight is 277 g/mol. The van der Waals surface area contributed by atoms with Crippen molar-refractivity contribution in [1.82, 2.24) is 10.3 Å². The molecule has 98 valence electrons. The first kappa shape index (κ1) is 13.5. The highest BCUT2D eigenvalue weighted by Gasteiger charge is 2.15.